The standard InChI is InChI=1S/C21H25NO5S/c1-26-16-6-15-22(21(23)14-11-18-7-4-3-5-8-18)17-19-9-12-20(13-10-19)27-28(2,24)25/h3-5,7-14H,6,15-17H2,1-2H3/b14-11+. The lowest BCUT2D eigenvalue weighted by Crippen LogP contribution is -2.30. The Morgan fingerprint density at radius 3 is 2.36 bits per heavy atom. The van der Waals surface area contributed by atoms with E-state index in [1.54, 1.807) is 48.4 Å². The van der Waals surface area contributed by atoms with Gasteiger partial charge in [0.25, 0.3) is 0 Å². The highest BCUT2D eigenvalue weighted by Gasteiger charge is 2.12. The number of amides is 1. The second-order valence-electron chi connectivity index (χ2n) is 6.28. The van der Waals surface area contributed by atoms with Crippen molar-refractivity contribution in [1.82, 2.24) is 4.90 Å². The van der Waals surface area contributed by atoms with Gasteiger partial charge in [-0.1, -0.05) is 42.5 Å². The van der Waals surface area contributed by atoms with Gasteiger partial charge in [0.15, 0.2) is 0 Å². The molecule has 0 saturated carbocycles. The third-order valence-corrected chi connectivity index (χ3v) is 4.35. The first kappa shape index (κ1) is 21.7. The zero-order valence-electron chi connectivity index (χ0n) is 16.1. The highest BCUT2D eigenvalue weighted by molar-refractivity contribution is 7.86. The molecule has 0 N–H and O–H groups in total. The Morgan fingerprint density at radius 2 is 1.75 bits per heavy atom. The second kappa shape index (κ2) is 10.6. The number of rotatable bonds is 10. The van der Waals surface area contributed by atoms with E-state index >= 15 is 0 Å². The molecule has 0 unspecified atom stereocenters. The van der Waals surface area contributed by atoms with Crippen LogP contribution >= 0.6 is 0 Å². The molecule has 0 aromatic heterocycles. The van der Waals surface area contributed by atoms with Gasteiger partial charge in [-0.15, -0.1) is 0 Å². The highest BCUT2D eigenvalue weighted by atomic mass is 32.2. The third-order valence-electron chi connectivity index (χ3n) is 3.85. The predicted molar refractivity (Wildman–Crippen MR) is 109 cm³/mol. The van der Waals surface area contributed by atoms with Crippen molar-refractivity contribution >= 4 is 22.1 Å². The van der Waals surface area contributed by atoms with Crippen LogP contribution in [-0.4, -0.2) is 45.7 Å². The molecule has 0 aliphatic rings. The van der Waals surface area contributed by atoms with Gasteiger partial charge in [-0.2, -0.15) is 8.42 Å². The summed E-state index contributed by atoms with van der Waals surface area (Å²) in [4.78, 5) is 14.4. The first-order chi connectivity index (χ1) is 13.4. The number of hydrogen-bond acceptors (Lipinski definition) is 5. The van der Waals surface area contributed by atoms with E-state index in [4.69, 9.17) is 8.92 Å². The van der Waals surface area contributed by atoms with E-state index in [1.165, 1.54) is 0 Å². The fourth-order valence-corrected chi connectivity index (χ4v) is 3.01. The first-order valence-electron chi connectivity index (χ1n) is 8.87. The van der Waals surface area contributed by atoms with Crippen LogP contribution in [0, 0.1) is 0 Å². The Morgan fingerprint density at radius 1 is 1.07 bits per heavy atom. The molecule has 7 heteroatoms. The van der Waals surface area contributed by atoms with Gasteiger partial charge in [0.1, 0.15) is 5.75 Å². The summed E-state index contributed by atoms with van der Waals surface area (Å²) in [5.41, 5.74) is 1.83. The van der Waals surface area contributed by atoms with Crippen molar-refractivity contribution in [3.63, 3.8) is 0 Å². The van der Waals surface area contributed by atoms with Gasteiger partial charge in [-0.05, 0) is 35.8 Å². The molecular weight excluding hydrogens is 378 g/mol. The summed E-state index contributed by atoms with van der Waals surface area (Å²) < 4.78 is 32.3. The number of hydrogen-bond donors (Lipinski definition) is 0. The van der Waals surface area contributed by atoms with Crippen LogP contribution in [0.1, 0.15) is 17.5 Å². The first-order valence-corrected chi connectivity index (χ1v) is 10.7. The lowest BCUT2D eigenvalue weighted by Gasteiger charge is -2.21. The molecule has 0 aliphatic carbocycles. The second-order valence-corrected chi connectivity index (χ2v) is 7.86. The topological polar surface area (TPSA) is 72.9 Å². The van der Waals surface area contributed by atoms with Gasteiger partial charge in [0.2, 0.25) is 5.91 Å². The van der Waals surface area contributed by atoms with Crippen LogP contribution in [-0.2, 0) is 26.2 Å². The van der Waals surface area contributed by atoms with Crippen LogP contribution < -0.4 is 4.18 Å². The van der Waals surface area contributed by atoms with Crippen molar-refractivity contribution in [3.8, 4) is 5.75 Å². The van der Waals surface area contributed by atoms with Crippen LogP contribution in [0.3, 0.4) is 0 Å². The summed E-state index contributed by atoms with van der Waals surface area (Å²) in [6, 6.07) is 16.3. The maximum atomic E-state index is 12.7. The molecule has 28 heavy (non-hydrogen) atoms. The summed E-state index contributed by atoms with van der Waals surface area (Å²) in [6.07, 6.45) is 5.06. The number of benzene rings is 2. The summed E-state index contributed by atoms with van der Waals surface area (Å²) >= 11 is 0. The lowest BCUT2D eigenvalue weighted by atomic mass is 10.2. The normalized spacial score (nSPS) is 11.5. The Balaban J connectivity index is 2.07. The van der Waals surface area contributed by atoms with Crippen molar-refractivity contribution in [1.29, 1.82) is 0 Å². The quantitative estimate of drug-likeness (QED) is 0.346. The minimum absolute atomic E-state index is 0.101. The van der Waals surface area contributed by atoms with Gasteiger partial charge >= 0.3 is 10.1 Å². The maximum absolute atomic E-state index is 12.7. The molecule has 0 radical (unpaired) electrons. The molecule has 0 aliphatic heterocycles. The smallest absolute Gasteiger partial charge is 0.306 e. The summed E-state index contributed by atoms with van der Waals surface area (Å²) in [7, 11) is -1.94. The number of methoxy groups -OCH3 is 1. The van der Waals surface area contributed by atoms with E-state index in [0.717, 1.165) is 23.8 Å². The minimum atomic E-state index is -3.56. The van der Waals surface area contributed by atoms with E-state index < -0.39 is 10.1 Å². The van der Waals surface area contributed by atoms with Gasteiger partial charge in [-0.3, -0.25) is 4.79 Å². The van der Waals surface area contributed by atoms with Crippen molar-refractivity contribution in [2.45, 2.75) is 13.0 Å². The number of ether oxygens (including phenoxy) is 1. The van der Waals surface area contributed by atoms with E-state index in [2.05, 4.69) is 0 Å². The third kappa shape index (κ3) is 7.94. The molecule has 2 aromatic rings. The van der Waals surface area contributed by atoms with E-state index in [9.17, 15) is 13.2 Å². The van der Waals surface area contributed by atoms with Crippen LogP contribution in [0.15, 0.2) is 60.7 Å². The predicted octanol–water partition coefficient (Wildman–Crippen LogP) is 3.10. The van der Waals surface area contributed by atoms with Crippen LogP contribution in [0.4, 0.5) is 0 Å². The van der Waals surface area contributed by atoms with Crippen molar-refractivity contribution in [3.05, 3.63) is 71.8 Å². The summed E-state index contributed by atoms with van der Waals surface area (Å²) in [6.45, 7) is 1.52. The maximum Gasteiger partial charge on any atom is 0.306 e. The van der Waals surface area contributed by atoms with E-state index in [1.807, 2.05) is 30.3 Å². The number of carbonyl (C=O) groups is 1. The Labute approximate surface area is 166 Å². The molecular formula is C21H25NO5S. The average molecular weight is 404 g/mol. The zero-order chi connectivity index (χ0) is 20.4. The molecule has 2 aromatic carbocycles. The molecule has 0 saturated heterocycles. The molecule has 0 spiro atoms. The zero-order valence-corrected chi connectivity index (χ0v) is 16.9. The Hall–Kier alpha value is -2.64. The van der Waals surface area contributed by atoms with Crippen molar-refractivity contribution in [2.75, 3.05) is 26.5 Å². The highest BCUT2D eigenvalue weighted by Crippen LogP contribution is 2.16. The molecule has 6 nitrogen and oxygen atoms in total. The largest absolute Gasteiger partial charge is 0.385 e. The van der Waals surface area contributed by atoms with Gasteiger partial charge in [-0.25, -0.2) is 0 Å². The monoisotopic (exact) mass is 403 g/mol. The fourth-order valence-electron chi connectivity index (χ4n) is 2.55. The van der Waals surface area contributed by atoms with Gasteiger partial charge in [0, 0.05) is 32.9 Å². The van der Waals surface area contributed by atoms with E-state index in [-0.39, 0.29) is 11.7 Å². The SMILES string of the molecule is COCCCN(Cc1ccc(OS(C)(=O)=O)cc1)C(=O)/C=C/c1ccccc1. The van der Waals surface area contributed by atoms with Crippen molar-refractivity contribution < 1.29 is 22.1 Å². The molecule has 0 atom stereocenters. The van der Waals surface area contributed by atoms with Crippen LogP contribution in [0.25, 0.3) is 6.08 Å². The Bertz CT molecular complexity index is 877. The number of carbonyl (C=O) groups excluding carboxylic acids is 1. The molecule has 0 heterocycles. The van der Waals surface area contributed by atoms with Crippen LogP contribution in [0.2, 0.25) is 0 Å². The van der Waals surface area contributed by atoms with Gasteiger partial charge in [0.05, 0.1) is 6.26 Å². The van der Waals surface area contributed by atoms with Crippen LogP contribution in [0.5, 0.6) is 5.75 Å². The molecule has 150 valence electrons. The molecule has 1 amide bonds. The fraction of sp³-hybridized carbons (Fsp3) is 0.286. The van der Waals surface area contributed by atoms with E-state index in [0.29, 0.717) is 19.7 Å². The molecule has 2 rings (SSSR count). The lowest BCUT2D eigenvalue weighted by molar-refractivity contribution is -0.126. The number of nitrogens with zero attached hydrogens (tertiary/aromatic N) is 1. The minimum Gasteiger partial charge on any atom is -0.385 e. The molecule has 0 bridgehead atoms. The Kier molecular flexibility index (Phi) is 8.22. The average Bonchev–Trinajstić information content (AvgIpc) is 2.66. The van der Waals surface area contributed by atoms with Gasteiger partial charge < -0.3 is 13.8 Å². The van der Waals surface area contributed by atoms with Crippen molar-refractivity contribution in [2.24, 2.45) is 0 Å². The molecule has 0 fully saturated rings. The summed E-state index contributed by atoms with van der Waals surface area (Å²) in [5.74, 6) is 0.143. The summed E-state index contributed by atoms with van der Waals surface area (Å²) in [5, 5.41) is 0.